The van der Waals surface area contributed by atoms with Gasteiger partial charge in [-0.2, -0.15) is 0 Å². The van der Waals surface area contributed by atoms with E-state index >= 15 is 0 Å². The van der Waals surface area contributed by atoms with Crippen molar-refractivity contribution in [3.8, 4) is 22.9 Å². The minimum Gasteiger partial charge on any atom is -0.464 e. The standard InChI is InChI=1S/C28H26N4O4/c1-3-35-28(34)22(16-19-17-29-21-13-8-7-12-20(19)21)30-26(33)24-25(23-14-9-15-32(23)2)36-27(31-24)18-10-5-4-6-11-18/h4-15,17,22,29H,3,16H2,1-2H3,(H,30,33)/t22-/m0/s1. The molecule has 0 fully saturated rings. The summed E-state index contributed by atoms with van der Waals surface area (Å²) in [6, 6.07) is 20.0. The molecule has 2 N–H and O–H groups in total. The fourth-order valence-electron chi connectivity index (χ4n) is 4.23. The van der Waals surface area contributed by atoms with Crippen LogP contribution in [0.15, 0.2) is 83.5 Å². The number of rotatable bonds is 8. The average molecular weight is 483 g/mol. The maximum atomic E-state index is 13.6. The quantitative estimate of drug-likeness (QED) is 0.311. The highest BCUT2D eigenvalue weighted by molar-refractivity contribution is 6.00. The summed E-state index contributed by atoms with van der Waals surface area (Å²) in [4.78, 5) is 34.2. The van der Waals surface area contributed by atoms with Crippen LogP contribution in [0.2, 0.25) is 0 Å². The maximum Gasteiger partial charge on any atom is 0.328 e. The number of fused-ring (bicyclic) bond motifs is 1. The highest BCUT2D eigenvalue weighted by atomic mass is 16.5. The van der Waals surface area contributed by atoms with Crippen molar-refractivity contribution in [1.29, 1.82) is 0 Å². The molecular weight excluding hydrogens is 456 g/mol. The van der Waals surface area contributed by atoms with E-state index in [9.17, 15) is 9.59 Å². The minimum atomic E-state index is -0.908. The van der Waals surface area contributed by atoms with Crippen molar-refractivity contribution < 1.29 is 18.7 Å². The minimum absolute atomic E-state index is 0.101. The first kappa shape index (κ1) is 23.2. The summed E-state index contributed by atoms with van der Waals surface area (Å²) in [6.07, 6.45) is 3.97. The molecule has 8 nitrogen and oxygen atoms in total. The lowest BCUT2D eigenvalue weighted by Gasteiger charge is -2.17. The number of carbonyl (C=O) groups excluding carboxylic acids is 2. The van der Waals surface area contributed by atoms with Crippen LogP contribution in [-0.4, -0.2) is 39.1 Å². The van der Waals surface area contributed by atoms with Crippen LogP contribution in [0.4, 0.5) is 0 Å². The number of carbonyl (C=O) groups is 2. The van der Waals surface area contributed by atoms with Gasteiger partial charge in [-0.05, 0) is 42.8 Å². The van der Waals surface area contributed by atoms with Gasteiger partial charge in [-0.25, -0.2) is 9.78 Å². The zero-order chi connectivity index (χ0) is 25.1. The number of H-pyrrole nitrogens is 1. The van der Waals surface area contributed by atoms with Crippen molar-refractivity contribution in [3.05, 3.63) is 90.4 Å². The predicted molar refractivity (Wildman–Crippen MR) is 136 cm³/mol. The molecule has 0 saturated heterocycles. The largest absolute Gasteiger partial charge is 0.464 e. The Kier molecular flexibility index (Phi) is 6.40. The Morgan fingerprint density at radius 1 is 1.08 bits per heavy atom. The third kappa shape index (κ3) is 4.53. The van der Waals surface area contributed by atoms with Crippen molar-refractivity contribution in [1.82, 2.24) is 19.9 Å². The first-order valence-corrected chi connectivity index (χ1v) is 11.8. The number of hydrogen-bond acceptors (Lipinski definition) is 5. The van der Waals surface area contributed by atoms with Gasteiger partial charge in [0.15, 0.2) is 11.5 Å². The summed E-state index contributed by atoms with van der Waals surface area (Å²) in [5.74, 6) is -0.381. The van der Waals surface area contributed by atoms with Crippen molar-refractivity contribution in [2.24, 2.45) is 7.05 Å². The SMILES string of the molecule is CCOC(=O)[C@H](Cc1c[nH]c2ccccc12)NC(=O)c1nc(-c2ccccc2)oc1-c1cccn1C. The number of amides is 1. The van der Waals surface area contributed by atoms with Crippen LogP contribution in [-0.2, 0) is 23.0 Å². The molecule has 0 aliphatic rings. The van der Waals surface area contributed by atoms with E-state index in [0.717, 1.165) is 22.0 Å². The molecule has 1 atom stereocenters. The number of aromatic nitrogens is 3. The van der Waals surface area contributed by atoms with Crippen molar-refractivity contribution in [2.75, 3.05) is 6.61 Å². The zero-order valence-corrected chi connectivity index (χ0v) is 20.0. The van der Waals surface area contributed by atoms with Gasteiger partial charge in [0.05, 0.1) is 12.3 Å². The van der Waals surface area contributed by atoms with Crippen LogP contribution in [0, 0.1) is 0 Å². The van der Waals surface area contributed by atoms with Crippen molar-refractivity contribution in [3.63, 3.8) is 0 Å². The van der Waals surface area contributed by atoms with E-state index in [1.165, 1.54) is 0 Å². The van der Waals surface area contributed by atoms with E-state index in [1.54, 1.807) is 6.92 Å². The molecule has 0 bridgehead atoms. The topological polar surface area (TPSA) is 102 Å². The van der Waals surface area contributed by atoms with Crippen molar-refractivity contribution in [2.45, 2.75) is 19.4 Å². The first-order valence-electron chi connectivity index (χ1n) is 11.8. The summed E-state index contributed by atoms with van der Waals surface area (Å²) < 4.78 is 13.2. The van der Waals surface area contributed by atoms with Crippen LogP contribution < -0.4 is 5.32 Å². The molecule has 8 heteroatoms. The van der Waals surface area contributed by atoms with Crippen LogP contribution >= 0.6 is 0 Å². The molecular formula is C28H26N4O4. The molecule has 5 rings (SSSR count). The number of para-hydroxylation sites is 1. The van der Waals surface area contributed by atoms with Crippen LogP contribution in [0.25, 0.3) is 33.8 Å². The van der Waals surface area contributed by atoms with Gasteiger partial charge in [0.25, 0.3) is 5.91 Å². The Bertz CT molecular complexity index is 1510. The number of aryl methyl sites for hydroxylation is 1. The smallest absolute Gasteiger partial charge is 0.328 e. The number of oxazole rings is 1. The first-order chi connectivity index (χ1) is 17.5. The third-order valence-electron chi connectivity index (χ3n) is 6.01. The Hall–Kier alpha value is -4.59. The summed E-state index contributed by atoms with van der Waals surface area (Å²) in [7, 11) is 1.86. The molecule has 0 spiro atoms. The Morgan fingerprint density at radius 2 is 1.86 bits per heavy atom. The Morgan fingerprint density at radius 3 is 2.61 bits per heavy atom. The van der Waals surface area contributed by atoms with Gasteiger partial charge in [0.1, 0.15) is 6.04 Å². The number of benzene rings is 2. The molecule has 0 saturated carbocycles. The number of aromatic amines is 1. The highest BCUT2D eigenvalue weighted by Gasteiger charge is 2.29. The highest BCUT2D eigenvalue weighted by Crippen LogP contribution is 2.30. The number of esters is 1. The molecule has 1 amide bonds. The molecule has 0 aliphatic carbocycles. The second-order valence-electron chi connectivity index (χ2n) is 8.41. The van der Waals surface area contributed by atoms with Crippen LogP contribution in [0.1, 0.15) is 23.0 Å². The fraction of sp³-hybridized carbons (Fsp3) is 0.179. The average Bonchev–Trinajstić information content (AvgIpc) is 3.62. The van der Waals surface area contributed by atoms with Crippen LogP contribution in [0.5, 0.6) is 0 Å². The van der Waals surface area contributed by atoms with Gasteiger partial charge in [-0.15, -0.1) is 0 Å². The third-order valence-corrected chi connectivity index (χ3v) is 6.01. The van der Waals surface area contributed by atoms with E-state index in [1.807, 2.05) is 90.7 Å². The molecule has 2 aromatic carbocycles. The molecule has 36 heavy (non-hydrogen) atoms. The second kappa shape index (κ2) is 9.95. The fourth-order valence-corrected chi connectivity index (χ4v) is 4.23. The summed E-state index contributed by atoms with van der Waals surface area (Å²) >= 11 is 0. The number of nitrogens with one attached hydrogen (secondary N) is 2. The van der Waals surface area contributed by atoms with E-state index in [-0.39, 0.29) is 18.7 Å². The Balaban J connectivity index is 1.49. The van der Waals surface area contributed by atoms with Gasteiger partial charge in [0, 0.05) is 42.3 Å². The van der Waals surface area contributed by atoms with E-state index in [2.05, 4.69) is 15.3 Å². The number of ether oxygens (including phenoxy) is 1. The van der Waals surface area contributed by atoms with E-state index in [4.69, 9.17) is 9.15 Å². The molecule has 5 aromatic rings. The monoisotopic (exact) mass is 482 g/mol. The maximum absolute atomic E-state index is 13.6. The molecule has 0 radical (unpaired) electrons. The summed E-state index contributed by atoms with van der Waals surface area (Å²) in [5, 5.41) is 3.83. The van der Waals surface area contributed by atoms with E-state index in [0.29, 0.717) is 17.3 Å². The molecule has 0 aliphatic heterocycles. The molecule has 0 unspecified atom stereocenters. The Labute approximate surface area is 207 Å². The van der Waals surface area contributed by atoms with Crippen molar-refractivity contribution >= 4 is 22.8 Å². The lowest BCUT2D eigenvalue weighted by atomic mass is 10.0. The van der Waals surface area contributed by atoms with Gasteiger partial charge in [-0.3, -0.25) is 4.79 Å². The number of hydrogen-bond donors (Lipinski definition) is 2. The molecule has 3 heterocycles. The summed E-state index contributed by atoms with van der Waals surface area (Å²) in [6.45, 7) is 1.94. The molecule has 3 aromatic heterocycles. The van der Waals surface area contributed by atoms with Crippen LogP contribution in [0.3, 0.4) is 0 Å². The lowest BCUT2D eigenvalue weighted by Crippen LogP contribution is -2.43. The summed E-state index contributed by atoms with van der Waals surface area (Å²) in [5.41, 5.74) is 3.39. The zero-order valence-electron chi connectivity index (χ0n) is 20.0. The normalized spacial score (nSPS) is 11.9. The molecule has 182 valence electrons. The second-order valence-corrected chi connectivity index (χ2v) is 8.41. The van der Waals surface area contributed by atoms with E-state index < -0.39 is 17.9 Å². The lowest BCUT2D eigenvalue weighted by molar-refractivity contribution is -0.145. The van der Waals surface area contributed by atoms with Gasteiger partial charge >= 0.3 is 5.97 Å². The number of nitrogens with zero attached hydrogens (tertiary/aromatic N) is 2. The van der Waals surface area contributed by atoms with Gasteiger partial charge in [-0.1, -0.05) is 36.4 Å². The van der Waals surface area contributed by atoms with Gasteiger partial charge < -0.3 is 24.0 Å². The predicted octanol–water partition coefficient (Wildman–Crippen LogP) is 4.73. The van der Waals surface area contributed by atoms with Gasteiger partial charge in [0.2, 0.25) is 5.89 Å².